The Morgan fingerprint density at radius 3 is 2.52 bits per heavy atom. The summed E-state index contributed by atoms with van der Waals surface area (Å²) in [6, 6.07) is 13.5. The molecule has 2 aromatic rings. The Labute approximate surface area is 136 Å². The van der Waals surface area contributed by atoms with E-state index in [1.54, 1.807) is 12.1 Å². The molecule has 5 heteroatoms. The lowest BCUT2D eigenvalue weighted by molar-refractivity contribution is -0.122. The third kappa shape index (κ3) is 4.42. The Morgan fingerprint density at radius 2 is 1.90 bits per heavy atom. The van der Waals surface area contributed by atoms with Crippen LogP contribution in [0.15, 0.2) is 48.5 Å². The summed E-state index contributed by atoms with van der Waals surface area (Å²) in [5.41, 5.74) is 0.691. The first-order chi connectivity index (χ1) is 10.1. The van der Waals surface area contributed by atoms with E-state index in [2.05, 4.69) is 27.9 Å². The number of amides is 1. The van der Waals surface area contributed by atoms with E-state index in [0.29, 0.717) is 12.1 Å². The lowest BCUT2D eigenvalue weighted by Gasteiger charge is -2.17. The predicted octanol–water partition coefficient (Wildman–Crippen LogP) is 4.23. The topological polar surface area (TPSA) is 38.3 Å². The van der Waals surface area contributed by atoms with Crippen LogP contribution in [-0.2, 0) is 4.79 Å². The van der Waals surface area contributed by atoms with Gasteiger partial charge in [0.05, 0.1) is 0 Å². The van der Waals surface area contributed by atoms with Crippen LogP contribution in [0.5, 0.6) is 5.75 Å². The van der Waals surface area contributed by atoms with Crippen molar-refractivity contribution in [2.24, 2.45) is 0 Å². The first kappa shape index (κ1) is 15.8. The molecule has 1 atom stereocenters. The molecule has 0 saturated heterocycles. The van der Waals surface area contributed by atoms with E-state index in [9.17, 15) is 9.18 Å². The number of rotatable bonds is 5. The second-order valence-electron chi connectivity index (χ2n) is 4.44. The molecule has 2 aromatic carbocycles. The molecule has 0 bridgehead atoms. The minimum absolute atomic E-state index is 0.0853. The Kier molecular flexibility index (Phi) is 5.55. The van der Waals surface area contributed by atoms with Gasteiger partial charge in [-0.25, -0.2) is 4.39 Å². The van der Waals surface area contributed by atoms with Crippen LogP contribution in [0.3, 0.4) is 0 Å². The number of hydrogen-bond donors (Lipinski definition) is 1. The summed E-state index contributed by atoms with van der Waals surface area (Å²) in [6.07, 6.45) is -0.286. The fourth-order valence-electron chi connectivity index (χ4n) is 1.77. The molecule has 0 radical (unpaired) electrons. The second kappa shape index (κ2) is 7.40. The number of benzene rings is 2. The Balaban J connectivity index is 2.05. The number of halogens is 2. The molecule has 0 fully saturated rings. The van der Waals surface area contributed by atoms with E-state index in [0.717, 1.165) is 3.57 Å². The van der Waals surface area contributed by atoms with Crippen LogP contribution in [0, 0.1) is 9.39 Å². The zero-order chi connectivity index (χ0) is 15.2. The molecule has 0 saturated carbocycles. The van der Waals surface area contributed by atoms with E-state index in [4.69, 9.17) is 4.74 Å². The summed E-state index contributed by atoms with van der Waals surface area (Å²) in [5, 5.41) is 2.77. The van der Waals surface area contributed by atoms with Crippen molar-refractivity contribution < 1.29 is 13.9 Å². The van der Waals surface area contributed by atoms with Crippen LogP contribution >= 0.6 is 22.6 Å². The molecule has 1 N–H and O–H groups in total. The van der Waals surface area contributed by atoms with Crippen LogP contribution in [0.1, 0.15) is 13.3 Å². The van der Waals surface area contributed by atoms with E-state index < -0.39 is 11.9 Å². The average Bonchev–Trinajstić information content (AvgIpc) is 2.48. The quantitative estimate of drug-likeness (QED) is 0.765. The first-order valence-corrected chi connectivity index (χ1v) is 7.65. The lowest BCUT2D eigenvalue weighted by atomic mass is 10.2. The number of nitrogens with one attached hydrogen (secondary N) is 1. The number of carbonyl (C=O) groups excluding carboxylic acids is 1. The van der Waals surface area contributed by atoms with Crippen molar-refractivity contribution in [2.75, 3.05) is 5.32 Å². The van der Waals surface area contributed by atoms with Gasteiger partial charge in [0.2, 0.25) is 0 Å². The molecule has 0 unspecified atom stereocenters. The Bertz CT molecular complexity index is 616. The summed E-state index contributed by atoms with van der Waals surface area (Å²) in [6.45, 7) is 1.82. The largest absolute Gasteiger partial charge is 0.478 e. The summed E-state index contributed by atoms with van der Waals surface area (Å²) in [5.74, 6) is -0.679. The zero-order valence-corrected chi connectivity index (χ0v) is 13.6. The molecular formula is C16H15FINO2. The molecule has 110 valence electrons. The van der Waals surface area contributed by atoms with Gasteiger partial charge in [0.25, 0.3) is 5.91 Å². The zero-order valence-electron chi connectivity index (χ0n) is 11.5. The number of para-hydroxylation sites is 1. The van der Waals surface area contributed by atoms with Crippen molar-refractivity contribution in [2.45, 2.75) is 19.4 Å². The van der Waals surface area contributed by atoms with Gasteiger partial charge in [-0.15, -0.1) is 0 Å². The van der Waals surface area contributed by atoms with Gasteiger partial charge in [-0.05, 0) is 65.4 Å². The van der Waals surface area contributed by atoms with Crippen molar-refractivity contribution in [1.29, 1.82) is 0 Å². The van der Waals surface area contributed by atoms with E-state index in [-0.39, 0.29) is 11.7 Å². The molecule has 0 spiro atoms. The SMILES string of the molecule is CC[C@H](Oc1ccccc1F)C(=O)Nc1ccc(I)cc1. The number of hydrogen-bond acceptors (Lipinski definition) is 2. The molecule has 3 nitrogen and oxygen atoms in total. The molecule has 0 aromatic heterocycles. The fourth-order valence-corrected chi connectivity index (χ4v) is 2.13. The molecular weight excluding hydrogens is 384 g/mol. The van der Waals surface area contributed by atoms with Gasteiger partial charge in [-0.2, -0.15) is 0 Å². The fraction of sp³-hybridized carbons (Fsp3) is 0.188. The van der Waals surface area contributed by atoms with Crippen LogP contribution in [0.4, 0.5) is 10.1 Å². The maximum absolute atomic E-state index is 13.6. The van der Waals surface area contributed by atoms with Gasteiger partial charge >= 0.3 is 0 Å². The molecule has 0 aliphatic carbocycles. The third-order valence-corrected chi connectivity index (χ3v) is 3.60. The highest BCUT2D eigenvalue weighted by molar-refractivity contribution is 14.1. The molecule has 0 aliphatic rings. The lowest BCUT2D eigenvalue weighted by Crippen LogP contribution is -2.32. The van der Waals surface area contributed by atoms with Gasteiger partial charge in [0, 0.05) is 9.26 Å². The van der Waals surface area contributed by atoms with Gasteiger partial charge in [-0.1, -0.05) is 19.1 Å². The van der Waals surface area contributed by atoms with E-state index in [1.165, 1.54) is 12.1 Å². The van der Waals surface area contributed by atoms with Crippen LogP contribution in [-0.4, -0.2) is 12.0 Å². The van der Waals surface area contributed by atoms with E-state index >= 15 is 0 Å². The minimum atomic E-state index is -0.735. The summed E-state index contributed by atoms with van der Waals surface area (Å²) < 4.78 is 20.1. The molecule has 0 heterocycles. The van der Waals surface area contributed by atoms with Gasteiger partial charge in [-0.3, -0.25) is 4.79 Å². The number of carbonyl (C=O) groups is 1. The van der Waals surface area contributed by atoms with Gasteiger partial charge < -0.3 is 10.1 Å². The predicted molar refractivity (Wildman–Crippen MR) is 88.9 cm³/mol. The van der Waals surface area contributed by atoms with Crippen molar-refractivity contribution in [3.63, 3.8) is 0 Å². The maximum atomic E-state index is 13.6. The number of anilines is 1. The van der Waals surface area contributed by atoms with Crippen LogP contribution in [0.2, 0.25) is 0 Å². The Hall–Kier alpha value is -1.63. The van der Waals surface area contributed by atoms with Crippen molar-refractivity contribution in [3.05, 3.63) is 57.9 Å². The van der Waals surface area contributed by atoms with Gasteiger partial charge in [0.1, 0.15) is 0 Å². The summed E-state index contributed by atoms with van der Waals surface area (Å²) in [7, 11) is 0. The highest BCUT2D eigenvalue weighted by atomic mass is 127. The van der Waals surface area contributed by atoms with Gasteiger partial charge in [0.15, 0.2) is 17.7 Å². The Morgan fingerprint density at radius 1 is 1.24 bits per heavy atom. The smallest absolute Gasteiger partial charge is 0.265 e. The molecule has 21 heavy (non-hydrogen) atoms. The highest BCUT2D eigenvalue weighted by Crippen LogP contribution is 2.19. The van der Waals surface area contributed by atoms with Crippen molar-refractivity contribution >= 4 is 34.2 Å². The number of ether oxygens (including phenoxy) is 1. The normalized spacial score (nSPS) is 11.8. The van der Waals surface area contributed by atoms with Crippen molar-refractivity contribution in [1.82, 2.24) is 0 Å². The van der Waals surface area contributed by atoms with Crippen molar-refractivity contribution in [3.8, 4) is 5.75 Å². The monoisotopic (exact) mass is 399 g/mol. The van der Waals surface area contributed by atoms with Crippen LogP contribution in [0.25, 0.3) is 0 Å². The summed E-state index contributed by atoms with van der Waals surface area (Å²) in [4.78, 5) is 12.2. The minimum Gasteiger partial charge on any atom is -0.478 e. The van der Waals surface area contributed by atoms with E-state index in [1.807, 2.05) is 31.2 Å². The molecule has 2 rings (SSSR count). The first-order valence-electron chi connectivity index (χ1n) is 6.57. The standard InChI is InChI=1S/C16H15FINO2/c1-2-14(21-15-6-4-3-5-13(15)17)16(20)19-12-9-7-11(18)8-10-12/h3-10,14H,2H2,1H3,(H,19,20)/t14-/m0/s1. The molecule has 1 amide bonds. The molecule has 0 aliphatic heterocycles. The average molecular weight is 399 g/mol. The summed E-state index contributed by atoms with van der Waals surface area (Å²) >= 11 is 2.19. The highest BCUT2D eigenvalue weighted by Gasteiger charge is 2.19. The maximum Gasteiger partial charge on any atom is 0.265 e. The third-order valence-electron chi connectivity index (χ3n) is 2.88. The van der Waals surface area contributed by atoms with Crippen LogP contribution < -0.4 is 10.1 Å². The second-order valence-corrected chi connectivity index (χ2v) is 5.69.